The van der Waals surface area contributed by atoms with Crippen molar-refractivity contribution in [1.29, 1.82) is 0 Å². The number of para-hydroxylation sites is 1. The summed E-state index contributed by atoms with van der Waals surface area (Å²) < 4.78 is 5.55. The number of benzene rings is 1. The maximum absolute atomic E-state index is 5.55. The predicted octanol–water partition coefficient (Wildman–Crippen LogP) is 3.21. The van der Waals surface area contributed by atoms with Crippen molar-refractivity contribution in [3.63, 3.8) is 0 Å². The van der Waals surface area contributed by atoms with Gasteiger partial charge in [-0.1, -0.05) is 18.2 Å². The molecule has 1 aromatic heterocycles. The third-order valence-corrected chi connectivity index (χ3v) is 5.17. The standard InChI is InChI=1S/C17H22N2OS/c1-13-7-10-21-17(13)12-19-9-8-18-11-15(19)14-5-3-4-6-16(14)20-2/h3-7,10,15,18H,8-9,11-12H2,1-2H3. The van der Waals surface area contributed by atoms with Crippen LogP contribution in [0.15, 0.2) is 35.7 Å². The number of piperazine rings is 1. The molecular formula is C17H22N2OS. The average molecular weight is 302 g/mol. The lowest BCUT2D eigenvalue weighted by Gasteiger charge is -2.37. The molecule has 1 aliphatic heterocycles. The van der Waals surface area contributed by atoms with E-state index in [1.807, 2.05) is 17.4 Å². The Kier molecular flexibility index (Phi) is 4.58. The number of ether oxygens (including phenoxy) is 1. The molecule has 0 radical (unpaired) electrons. The molecule has 1 unspecified atom stereocenters. The van der Waals surface area contributed by atoms with E-state index in [0.29, 0.717) is 6.04 Å². The van der Waals surface area contributed by atoms with Gasteiger partial charge in [-0.05, 0) is 30.0 Å². The molecule has 0 aliphatic carbocycles. The molecule has 1 atom stereocenters. The molecule has 0 saturated carbocycles. The molecule has 4 heteroatoms. The monoisotopic (exact) mass is 302 g/mol. The largest absolute Gasteiger partial charge is 0.496 e. The summed E-state index contributed by atoms with van der Waals surface area (Å²) in [6, 6.07) is 11.0. The molecule has 3 rings (SSSR count). The van der Waals surface area contributed by atoms with Crippen molar-refractivity contribution in [2.45, 2.75) is 19.5 Å². The molecule has 0 bridgehead atoms. The number of rotatable bonds is 4. The first-order chi connectivity index (χ1) is 10.3. The summed E-state index contributed by atoms with van der Waals surface area (Å²) in [4.78, 5) is 4.03. The normalized spacial score (nSPS) is 19.6. The quantitative estimate of drug-likeness (QED) is 0.938. The summed E-state index contributed by atoms with van der Waals surface area (Å²) in [7, 11) is 1.75. The topological polar surface area (TPSA) is 24.5 Å². The van der Waals surface area contributed by atoms with E-state index in [0.717, 1.165) is 31.9 Å². The summed E-state index contributed by atoms with van der Waals surface area (Å²) in [5, 5.41) is 5.70. The van der Waals surface area contributed by atoms with Crippen molar-refractivity contribution in [1.82, 2.24) is 10.2 Å². The van der Waals surface area contributed by atoms with Crippen LogP contribution in [-0.2, 0) is 6.54 Å². The van der Waals surface area contributed by atoms with Gasteiger partial charge in [0.05, 0.1) is 13.2 Å². The van der Waals surface area contributed by atoms with Gasteiger partial charge in [0.25, 0.3) is 0 Å². The Morgan fingerprint density at radius 1 is 1.33 bits per heavy atom. The van der Waals surface area contributed by atoms with Gasteiger partial charge < -0.3 is 10.1 Å². The Labute approximate surface area is 130 Å². The van der Waals surface area contributed by atoms with Gasteiger partial charge in [-0.3, -0.25) is 4.90 Å². The Morgan fingerprint density at radius 2 is 2.19 bits per heavy atom. The number of nitrogens with one attached hydrogen (secondary N) is 1. The van der Waals surface area contributed by atoms with Gasteiger partial charge in [0.1, 0.15) is 5.75 Å². The fourth-order valence-corrected chi connectivity index (χ4v) is 3.87. The van der Waals surface area contributed by atoms with Crippen LogP contribution in [0.2, 0.25) is 0 Å². The van der Waals surface area contributed by atoms with Crippen LogP contribution in [0.4, 0.5) is 0 Å². The lowest BCUT2D eigenvalue weighted by molar-refractivity contribution is 0.152. The van der Waals surface area contributed by atoms with Crippen LogP contribution >= 0.6 is 11.3 Å². The third-order valence-electron chi connectivity index (χ3n) is 4.17. The van der Waals surface area contributed by atoms with Crippen LogP contribution in [0.3, 0.4) is 0 Å². The van der Waals surface area contributed by atoms with Crippen LogP contribution < -0.4 is 10.1 Å². The molecule has 1 fully saturated rings. The summed E-state index contributed by atoms with van der Waals surface area (Å²) in [6.45, 7) is 6.32. The van der Waals surface area contributed by atoms with Crippen LogP contribution in [0, 0.1) is 6.92 Å². The predicted molar refractivity (Wildman–Crippen MR) is 88.1 cm³/mol. The second kappa shape index (κ2) is 6.60. The van der Waals surface area contributed by atoms with Crippen molar-refractivity contribution in [2.75, 3.05) is 26.7 Å². The number of thiophene rings is 1. The summed E-state index contributed by atoms with van der Waals surface area (Å²) >= 11 is 1.86. The molecule has 3 nitrogen and oxygen atoms in total. The van der Waals surface area contributed by atoms with Gasteiger partial charge in [-0.2, -0.15) is 0 Å². The SMILES string of the molecule is COc1ccccc1C1CNCCN1Cc1sccc1C. The number of nitrogens with zero attached hydrogens (tertiary/aromatic N) is 1. The number of aryl methyl sites for hydroxylation is 1. The van der Waals surface area contributed by atoms with E-state index in [-0.39, 0.29) is 0 Å². The molecule has 0 spiro atoms. The minimum Gasteiger partial charge on any atom is -0.496 e. The first kappa shape index (κ1) is 14.6. The summed E-state index contributed by atoms with van der Waals surface area (Å²) in [6.07, 6.45) is 0. The van der Waals surface area contributed by atoms with Crippen molar-refractivity contribution in [2.24, 2.45) is 0 Å². The van der Waals surface area contributed by atoms with E-state index in [2.05, 4.69) is 46.8 Å². The highest BCUT2D eigenvalue weighted by Gasteiger charge is 2.26. The molecule has 1 saturated heterocycles. The third kappa shape index (κ3) is 3.12. The minimum atomic E-state index is 0.372. The van der Waals surface area contributed by atoms with Crippen LogP contribution in [0.5, 0.6) is 5.75 Å². The highest BCUT2D eigenvalue weighted by molar-refractivity contribution is 7.10. The van der Waals surface area contributed by atoms with Crippen LogP contribution in [0.1, 0.15) is 22.0 Å². The maximum Gasteiger partial charge on any atom is 0.123 e. The molecule has 2 heterocycles. The highest BCUT2D eigenvalue weighted by Crippen LogP contribution is 2.32. The molecule has 1 N–H and O–H groups in total. The second-order valence-electron chi connectivity index (χ2n) is 5.46. The zero-order chi connectivity index (χ0) is 14.7. The maximum atomic E-state index is 5.55. The molecule has 21 heavy (non-hydrogen) atoms. The Morgan fingerprint density at radius 3 is 2.95 bits per heavy atom. The molecule has 1 aromatic carbocycles. The van der Waals surface area contributed by atoms with Gasteiger partial charge in [-0.25, -0.2) is 0 Å². The lowest BCUT2D eigenvalue weighted by atomic mass is 10.0. The lowest BCUT2D eigenvalue weighted by Crippen LogP contribution is -2.45. The Hall–Kier alpha value is -1.36. The fourth-order valence-electron chi connectivity index (χ4n) is 2.93. The zero-order valence-corrected chi connectivity index (χ0v) is 13.5. The van der Waals surface area contributed by atoms with E-state index in [9.17, 15) is 0 Å². The fraction of sp³-hybridized carbons (Fsp3) is 0.412. The highest BCUT2D eigenvalue weighted by atomic mass is 32.1. The van der Waals surface area contributed by atoms with Crippen LogP contribution in [-0.4, -0.2) is 31.6 Å². The average Bonchev–Trinajstić information content (AvgIpc) is 2.93. The van der Waals surface area contributed by atoms with Gasteiger partial charge in [0.15, 0.2) is 0 Å². The van der Waals surface area contributed by atoms with Gasteiger partial charge in [0, 0.05) is 36.6 Å². The Balaban J connectivity index is 1.86. The molecular weight excluding hydrogens is 280 g/mol. The van der Waals surface area contributed by atoms with Crippen molar-refractivity contribution < 1.29 is 4.74 Å². The molecule has 112 valence electrons. The first-order valence-electron chi connectivity index (χ1n) is 7.40. The van der Waals surface area contributed by atoms with E-state index in [1.165, 1.54) is 16.0 Å². The molecule has 2 aromatic rings. The number of hydrogen-bond acceptors (Lipinski definition) is 4. The zero-order valence-electron chi connectivity index (χ0n) is 12.6. The number of hydrogen-bond donors (Lipinski definition) is 1. The number of methoxy groups -OCH3 is 1. The minimum absolute atomic E-state index is 0.372. The molecule has 0 amide bonds. The van der Waals surface area contributed by atoms with E-state index in [1.54, 1.807) is 7.11 Å². The van der Waals surface area contributed by atoms with Crippen molar-refractivity contribution in [3.05, 3.63) is 51.7 Å². The molecule has 1 aliphatic rings. The van der Waals surface area contributed by atoms with Gasteiger partial charge in [-0.15, -0.1) is 11.3 Å². The smallest absolute Gasteiger partial charge is 0.123 e. The van der Waals surface area contributed by atoms with E-state index in [4.69, 9.17) is 4.74 Å². The van der Waals surface area contributed by atoms with Crippen LogP contribution in [0.25, 0.3) is 0 Å². The summed E-state index contributed by atoms with van der Waals surface area (Å²) in [5.41, 5.74) is 2.68. The van der Waals surface area contributed by atoms with Crippen molar-refractivity contribution in [3.8, 4) is 5.75 Å². The Bertz CT molecular complexity index is 596. The van der Waals surface area contributed by atoms with Crippen molar-refractivity contribution >= 4 is 11.3 Å². The van der Waals surface area contributed by atoms with E-state index >= 15 is 0 Å². The van der Waals surface area contributed by atoms with Gasteiger partial charge >= 0.3 is 0 Å². The second-order valence-corrected chi connectivity index (χ2v) is 6.46. The van der Waals surface area contributed by atoms with Gasteiger partial charge in [0.2, 0.25) is 0 Å². The summed E-state index contributed by atoms with van der Waals surface area (Å²) in [5.74, 6) is 0.985. The van der Waals surface area contributed by atoms with E-state index < -0.39 is 0 Å². The first-order valence-corrected chi connectivity index (χ1v) is 8.28.